The molecule has 0 aromatic carbocycles. The van der Waals surface area contributed by atoms with Gasteiger partial charge in [0, 0.05) is 94.1 Å². The number of fused-ring (bicyclic) bond motifs is 7. The second-order valence-electron chi connectivity index (χ2n) is 15.3. The molecule has 0 spiro atoms. The molecule has 56 heavy (non-hydrogen) atoms. The average Bonchev–Trinajstić information content (AvgIpc) is 3.94. The standard InChI is InChI=1S/C45H55N5O6/c1-8-30-25(3)34-23-37-31(9-2)26(4)42(48-37)41(29-12-14-50(15-13-29)16-17-55-20-21-56-19-18-54-7)43-27(5)32(10-11-39(52)53)44(49-43)33-22-38(51)40-28(6)35(47-45(33)40)24-36(30)46-34/h12-15,23-24,27,32,46,48H,8-11,16-22H2,1-7H3,(H2,47,51,52,53)/p+1/t27-,32-/m0/s1. The van der Waals surface area contributed by atoms with Gasteiger partial charge in [-0.1, -0.05) is 20.8 Å². The van der Waals surface area contributed by atoms with Crippen molar-refractivity contribution < 1.29 is 33.5 Å². The van der Waals surface area contributed by atoms with Crippen LogP contribution in [-0.4, -0.2) is 72.0 Å². The Hall–Kier alpha value is -4.97. The SMILES string of the molecule is CCc1c2[nH]c(c1C)C(c1cc[n+](CCOCCOCCOC)cc1)=C1NC(=C3CC(=O)c4c3[nH]c(c4C)C=c3[nH]c(c(C)c3CC)=C2)[C@@H](CCC(=O)O)[C@@H]1C. The Bertz CT molecular complexity index is 2340. The monoisotopic (exact) mass is 762 g/mol. The number of Topliss-reactive ketones (excluding diaryl/α,β-unsaturated/α-hetero) is 1. The van der Waals surface area contributed by atoms with Gasteiger partial charge in [-0.05, 0) is 85.6 Å². The number of carbonyl (C=O) groups excluding carboxylic acids is 1. The van der Waals surface area contributed by atoms with Crippen molar-refractivity contribution >= 4 is 35.1 Å². The Labute approximate surface area is 328 Å². The highest BCUT2D eigenvalue weighted by Gasteiger charge is 2.41. The minimum Gasteiger partial charge on any atom is -0.481 e. The highest BCUT2D eigenvalue weighted by atomic mass is 16.5. The quantitative estimate of drug-likeness (QED) is 0.0834. The third-order valence-corrected chi connectivity index (χ3v) is 12.0. The summed E-state index contributed by atoms with van der Waals surface area (Å²) < 4.78 is 18.5. The molecule has 0 amide bonds. The van der Waals surface area contributed by atoms with Gasteiger partial charge in [-0.3, -0.25) is 9.59 Å². The lowest BCUT2D eigenvalue weighted by Crippen LogP contribution is -2.35. The van der Waals surface area contributed by atoms with Crippen LogP contribution in [0.1, 0.15) is 107 Å². The molecule has 0 unspecified atom stereocenters. The average molecular weight is 763 g/mol. The highest BCUT2D eigenvalue weighted by Crippen LogP contribution is 2.47. The predicted molar refractivity (Wildman–Crippen MR) is 216 cm³/mol. The second-order valence-corrected chi connectivity index (χ2v) is 15.3. The van der Waals surface area contributed by atoms with Gasteiger partial charge >= 0.3 is 5.97 Å². The number of nitrogens with one attached hydrogen (secondary N) is 4. The first kappa shape index (κ1) is 39.3. The molecule has 296 valence electrons. The summed E-state index contributed by atoms with van der Waals surface area (Å²) in [6.07, 6.45) is 11.0. The van der Waals surface area contributed by atoms with E-state index in [1.54, 1.807) is 7.11 Å². The number of aromatic nitrogens is 4. The molecular weight excluding hydrogens is 707 g/mol. The molecule has 2 atom stereocenters. The number of nitrogens with zero attached hydrogens (tertiary/aromatic N) is 1. The summed E-state index contributed by atoms with van der Waals surface area (Å²) in [4.78, 5) is 37.2. The minimum atomic E-state index is -0.830. The first-order valence-corrected chi connectivity index (χ1v) is 20.0. The first-order chi connectivity index (χ1) is 27.1. The van der Waals surface area contributed by atoms with Crippen LogP contribution in [0.25, 0.3) is 23.3 Å². The zero-order valence-corrected chi connectivity index (χ0v) is 33.8. The number of hydrogen-bond acceptors (Lipinski definition) is 6. The number of aromatic amines is 3. The molecule has 11 heteroatoms. The molecule has 3 aliphatic rings. The van der Waals surface area contributed by atoms with E-state index in [4.69, 9.17) is 14.2 Å². The Balaban J connectivity index is 1.41. The van der Waals surface area contributed by atoms with Crippen LogP contribution in [-0.2, 0) is 38.4 Å². The minimum absolute atomic E-state index is 0.0288. The number of pyridine rings is 1. The second kappa shape index (κ2) is 16.6. The number of rotatable bonds is 15. The van der Waals surface area contributed by atoms with Crippen LogP contribution < -0.4 is 20.6 Å². The fourth-order valence-corrected chi connectivity index (χ4v) is 8.98. The van der Waals surface area contributed by atoms with Crippen molar-refractivity contribution in [2.45, 2.75) is 80.2 Å². The number of methoxy groups -OCH3 is 1. The third-order valence-electron chi connectivity index (χ3n) is 12.0. The van der Waals surface area contributed by atoms with Gasteiger partial charge in [0.1, 0.15) is 6.61 Å². The van der Waals surface area contributed by atoms with Crippen LogP contribution in [0, 0.1) is 32.6 Å². The summed E-state index contributed by atoms with van der Waals surface area (Å²) >= 11 is 0. The van der Waals surface area contributed by atoms with Gasteiger partial charge in [0.2, 0.25) is 0 Å². The number of carboxylic acid groups (broad SMARTS) is 1. The molecule has 6 heterocycles. The van der Waals surface area contributed by atoms with E-state index in [2.05, 4.69) is 96.1 Å². The molecule has 1 aliphatic carbocycles. The van der Waals surface area contributed by atoms with E-state index in [9.17, 15) is 14.7 Å². The highest BCUT2D eigenvalue weighted by molar-refractivity contribution is 6.13. The molecule has 1 fully saturated rings. The fourth-order valence-electron chi connectivity index (χ4n) is 8.98. The number of H-pyrrole nitrogens is 3. The van der Waals surface area contributed by atoms with Gasteiger partial charge in [-0.25, -0.2) is 4.57 Å². The topological polar surface area (TPSA) is 145 Å². The van der Waals surface area contributed by atoms with Crippen LogP contribution in [0.4, 0.5) is 0 Å². The van der Waals surface area contributed by atoms with Crippen molar-refractivity contribution in [3.63, 3.8) is 0 Å². The Morgan fingerprint density at radius 2 is 1.52 bits per heavy atom. The van der Waals surface area contributed by atoms with Gasteiger partial charge < -0.3 is 39.6 Å². The van der Waals surface area contributed by atoms with E-state index >= 15 is 0 Å². The summed E-state index contributed by atoms with van der Waals surface area (Å²) in [5.74, 6) is -0.937. The zero-order valence-electron chi connectivity index (χ0n) is 33.8. The molecule has 5 N–H and O–H groups in total. The molecule has 1 saturated heterocycles. The summed E-state index contributed by atoms with van der Waals surface area (Å²) in [5, 5.41) is 15.9. The van der Waals surface area contributed by atoms with E-state index in [0.29, 0.717) is 46.0 Å². The van der Waals surface area contributed by atoms with Crippen molar-refractivity contribution in [1.29, 1.82) is 0 Å². The van der Waals surface area contributed by atoms with Crippen LogP contribution in [0.2, 0.25) is 0 Å². The molecule has 4 aromatic heterocycles. The Morgan fingerprint density at radius 1 is 0.839 bits per heavy atom. The maximum Gasteiger partial charge on any atom is 0.303 e. The Kier molecular flexibility index (Phi) is 11.7. The molecule has 8 bridgehead atoms. The number of ketones is 1. The molecular formula is C45H56N5O6+. The van der Waals surface area contributed by atoms with E-state index < -0.39 is 5.97 Å². The smallest absolute Gasteiger partial charge is 0.303 e. The number of aliphatic carboxylic acids is 1. The largest absolute Gasteiger partial charge is 0.481 e. The number of carboxylic acids is 1. The summed E-state index contributed by atoms with van der Waals surface area (Å²) in [6, 6.07) is 4.30. The third kappa shape index (κ3) is 7.35. The van der Waals surface area contributed by atoms with Gasteiger partial charge in [0.25, 0.3) is 0 Å². The van der Waals surface area contributed by atoms with Crippen molar-refractivity contribution in [3.05, 3.63) is 108 Å². The first-order valence-electron chi connectivity index (χ1n) is 20.0. The normalized spacial score (nSPS) is 17.4. The molecule has 2 aliphatic heterocycles. The predicted octanol–water partition coefficient (Wildman–Crippen LogP) is 5.14. The molecule has 11 nitrogen and oxygen atoms in total. The Morgan fingerprint density at radius 3 is 2.21 bits per heavy atom. The van der Waals surface area contributed by atoms with Crippen LogP contribution >= 0.6 is 0 Å². The molecule has 0 radical (unpaired) electrons. The molecule has 7 rings (SSSR count). The summed E-state index contributed by atoms with van der Waals surface area (Å²) in [6.45, 7) is 16.4. The van der Waals surface area contributed by atoms with E-state index in [-0.39, 0.29) is 30.5 Å². The number of ether oxygens (including phenoxy) is 3. The van der Waals surface area contributed by atoms with Gasteiger partial charge in [-0.2, -0.15) is 0 Å². The number of allylic oxidation sites excluding steroid dienone is 3. The van der Waals surface area contributed by atoms with Gasteiger partial charge in [-0.15, -0.1) is 0 Å². The number of carbonyl (C=O) groups is 2. The molecule has 0 saturated carbocycles. The van der Waals surface area contributed by atoms with Crippen molar-refractivity contribution in [2.24, 2.45) is 11.8 Å². The summed E-state index contributed by atoms with van der Waals surface area (Å²) in [7, 11) is 1.66. The fraction of sp³-hybridized carbons (Fsp3) is 0.444. The van der Waals surface area contributed by atoms with Crippen LogP contribution in [0.5, 0.6) is 0 Å². The summed E-state index contributed by atoms with van der Waals surface area (Å²) in [5.41, 5.74) is 15.3. The lowest BCUT2D eigenvalue weighted by Gasteiger charge is -2.18. The number of hydrogen-bond donors (Lipinski definition) is 5. The maximum absolute atomic E-state index is 13.9. The van der Waals surface area contributed by atoms with Crippen LogP contribution in [0.15, 0.2) is 35.9 Å². The van der Waals surface area contributed by atoms with Crippen molar-refractivity contribution in [1.82, 2.24) is 20.3 Å². The van der Waals surface area contributed by atoms with Crippen molar-refractivity contribution in [2.75, 3.05) is 40.1 Å². The maximum atomic E-state index is 13.9. The van der Waals surface area contributed by atoms with E-state index in [1.807, 2.05) is 6.92 Å². The van der Waals surface area contributed by atoms with Crippen molar-refractivity contribution in [3.8, 4) is 0 Å². The molecule has 4 aromatic rings. The van der Waals surface area contributed by atoms with Gasteiger partial charge in [0.05, 0.1) is 37.8 Å². The van der Waals surface area contributed by atoms with E-state index in [0.717, 1.165) is 85.5 Å². The lowest BCUT2D eigenvalue weighted by atomic mass is 9.84. The van der Waals surface area contributed by atoms with Crippen LogP contribution in [0.3, 0.4) is 0 Å². The zero-order chi connectivity index (χ0) is 39.7. The van der Waals surface area contributed by atoms with Gasteiger partial charge in [0.15, 0.2) is 24.7 Å². The lowest BCUT2D eigenvalue weighted by molar-refractivity contribution is -0.698. The van der Waals surface area contributed by atoms with E-state index in [1.165, 1.54) is 22.3 Å².